The summed E-state index contributed by atoms with van der Waals surface area (Å²) >= 11 is 1.32. The molecule has 2 aromatic heterocycles. The Morgan fingerprint density at radius 1 is 1.00 bits per heavy atom. The van der Waals surface area contributed by atoms with Gasteiger partial charge in [-0.1, -0.05) is 31.5 Å². The van der Waals surface area contributed by atoms with Crippen molar-refractivity contribution in [3.05, 3.63) is 57.1 Å². The van der Waals surface area contributed by atoms with Crippen LogP contribution in [0.2, 0.25) is 0 Å². The first-order valence-corrected chi connectivity index (χ1v) is 12.9. The van der Waals surface area contributed by atoms with Gasteiger partial charge in [-0.3, -0.25) is 9.78 Å². The normalized spacial score (nSPS) is 13.1. The van der Waals surface area contributed by atoms with Crippen molar-refractivity contribution in [2.75, 3.05) is 18.5 Å². The van der Waals surface area contributed by atoms with Crippen LogP contribution in [0, 0.1) is 6.92 Å². The minimum atomic E-state index is -0.529. The van der Waals surface area contributed by atoms with E-state index in [4.69, 9.17) is 14.5 Å². The molecule has 0 spiro atoms. The van der Waals surface area contributed by atoms with E-state index in [0.717, 1.165) is 64.7 Å². The zero-order valence-corrected chi connectivity index (χ0v) is 21.2. The molecule has 35 heavy (non-hydrogen) atoms. The van der Waals surface area contributed by atoms with E-state index in [-0.39, 0.29) is 6.61 Å². The van der Waals surface area contributed by atoms with E-state index >= 15 is 0 Å². The number of thiophene rings is 1. The number of carbonyl (C=O) groups excluding carboxylic acids is 3. The molecule has 1 N–H and O–H groups in total. The Bertz CT molecular complexity index is 1280. The van der Waals surface area contributed by atoms with Crippen LogP contribution in [0.3, 0.4) is 0 Å². The highest BCUT2D eigenvalue weighted by molar-refractivity contribution is 7.16. The average Bonchev–Trinajstić information content (AvgIpc) is 2.99. The molecule has 3 aromatic rings. The third-order valence-corrected chi connectivity index (χ3v) is 7.32. The van der Waals surface area contributed by atoms with Gasteiger partial charge in [0.2, 0.25) is 0 Å². The predicted octanol–water partition coefficient (Wildman–Crippen LogP) is 5.41. The highest BCUT2D eigenvalue weighted by Gasteiger charge is 2.26. The lowest BCUT2D eigenvalue weighted by atomic mass is 9.97. The molecule has 0 radical (unpaired) electrons. The van der Waals surface area contributed by atoms with E-state index < -0.39 is 24.5 Å². The Labute approximate surface area is 208 Å². The fraction of sp³-hybridized carbons (Fsp3) is 0.407. The van der Waals surface area contributed by atoms with Gasteiger partial charge in [-0.25, -0.2) is 9.59 Å². The highest BCUT2D eigenvalue weighted by atomic mass is 32.1. The summed E-state index contributed by atoms with van der Waals surface area (Å²) in [5.41, 5.74) is 4.36. The Morgan fingerprint density at radius 2 is 1.74 bits per heavy atom. The number of esters is 2. The van der Waals surface area contributed by atoms with Crippen LogP contribution in [0.4, 0.5) is 5.00 Å². The van der Waals surface area contributed by atoms with E-state index in [1.54, 1.807) is 6.92 Å². The van der Waals surface area contributed by atoms with Gasteiger partial charge in [-0.2, -0.15) is 0 Å². The molecule has 0 bridgehead atoms. The maximum absolute atomic E-state index is 13.3. The van der Waals surface area contributed by atoms with Crippen LogP contribution in [0.25, 0.3) is 10.9 Å². The number of nitrogens with zero attached hydrogens (tertiary/aromatic N) is 1. The molecule has 0 saturated carbocycles. The van der Waals surface area contributed by atoms with Crippen LogP contribution in [-0.4, -0.2) is 36.0 Å². The molecular formula is C27H30N2O5S. The van der Waals surface area contributed by atoms with E-state index in [1.807, 2.05) is 38.1 Å². The van der Waals surface area contributed by atoms with E-state index in [2.05, 4.69) is 5.32 Å². The smallest absolute Gasteiger partial charge is 0.341 e. The molecule has 4 rings (SSSR count). The quantitative estimate of drug-likeness (QED) is 0.349. The molecule has 7 nitrogen and oxygen atoms in total. The average molecular weight is 495 g/mol. The number of anilines is 1. The van der Waals surface area contributed by atoms with Crippen molar-refractivity contribution < 1.29 is 23.9 Å². The third-order valence-electron chi connectivity index (χ3n) is 6.25. The summed E-state index contributed by atoms with van der Waals surface area (Å²) in [5, 5.41) is 3.91. The molecule has 184 valence electrons. The summed E-state index contributed by atoms with van der Waals surface area (Å²) in [6.07, 6.45) is 5.35. The van der Waals surface area contributed by atoms with Crippen LogP contribution in [0.15, 0.2) is 24.3 Å². The second-order valence-corrected chi connectivity index (χ2v) is 9.75. The number of para-hydroxylation sites is 1. The molecular weight excluding hydrogens is 464 g/mol. The van der Waals surface area contributed by atoms with E-state index in [9.17, 15) is 14.4 Å². The number of ether oxygens (including phenoxy) is 2. The molecule has 8 heteroatoms. The van der Waals surface area contributed by atoms with Gasteiger partial charge in [0.1, 0.15) is 5.00 Å². The molecule has 1 aliphatic carbocycles. The fourth-order valence-corrected chi connectivity index (χ4v) is 5.81. The summed E-state index contributed by atoms with van der Waals surface area (Å²) in [7, 11) is 0. The second kappa shape index (κ2) is 11.0. The number of aromatic nitrogens is 1. The first kappa shape index (κ1) is 24.9. The van der Waals surface area contributed by atoms with Gasteiger partial charge in [0.25, 0.3) is 5.91 Å². The Hall–Kier alpha value is -3.26. The topological polar surface area (TPSA) is 94.6 Å². The van der Waals surface area contributed by atoms with Crippen molar-refractivity contribution in [2.45, 2.75) is 59.3 Å². The number of nitrogens with one attached hydrogen (secondary N) is 1. The largest absolute Gasteiger partial charge is 0.462 e. The number of amides is 1. The lowest BCUT2D eigenvalue weighted by molar-refractivity contribution is -0.119. The molecule has 1 aromatic carbocycles. The van der Waals surface area contributed by atoms with Crippen molar-refractivity contribution in [1.29, 1.82) is 0 Å². The monoisotopic (exact) mass is 494 g/mol. The summed E-state index contributed by atoms with van der Waals surface area (Å²) in [5.74, 6) is -1.50. The van der Waals surface area contributed by atoms with Gasteiger partial charge in [-0.15, -0.1) is 11.3 Å². The van der Waals surface area contributed by atoms with Gasteiger partial charge in [0, 0.05) is 16.0 Å². The molecule has 1 amide bonds. The second-order valence-electron chi connectivity index (χ2n) is 8.53. The number of carbonyl (C=O) groups is 3. The zero-order chi connectivity index (χ0) is 24.9. The van der Waals surface area contributed by atoms with E-state index in [0.29, 0.717) is 22.5 Å². The molecule has 2 heterocycles. The van der Waals surface area contributed by atoms with Crippen molar-refractivity contribution in [1.82, 2.24) is 4.98 Å². The van der Waals surface area contributed by atoms with Crippen molar-refractivity contribution in [3.8, 4) is 0 Å². The Morgan fingerprint density at radius 3 is 2.51 bits per heavy atom. The number of aryl methyl sites for hydroxylation is 2. The first-order valence-electron chi connectivity index (χ1n) is 12.1. The summed E-state index contributed by atoms with van der Waals surface area (Å²) in [4.78, 5) is 44.3. The molecule has 0 atom stereocenters. The van der Waals surface area contributed by atoms with Crippen LogP contribution >= 0.6 is 11.3 Å². The summed E-state index contributed by atoms with van der Waals surface area (Å²) < 4.78 is 10.7. The van der Waals surface area contributed by atoms with Crippen molar-refractivity contribution in [2.24, 2.45) is 0 Å². The minimum absolute atomic E-state index is 0.242. The first-order chi connectivity index (χ1) is 16.9. The van der Waals surface area contributed by atoms with Gasteiger partial charge in [-0.05, 0) is 63.1 Å². The lowest BCUT2D eigenvalue weighted by Crippen LogP contribution is -2.23. The number of rotatable bonds is 7. The van der Waals surface area contributed by atoms with Gasteiger partial charge in [0.05, 0.1) is 23.3 Å². The molecule has 0 unspecified atom stereocenters. The highest BCUT2D eigenvalue weighted by Crippen LogP contribution is 2.34. The zero-order valence-electron chi connectivity index (χ0n) is 20.4. The molecule has 0 fully saturated rings. The van der Waals surface area contributed by atoms with Gasteiger partial charge in [0.15, 0.2) is 6.61 Å². The lowest BCUT2D eigenvalue weighted by Gasteiger charge is -2.15. The predicted molar refractivity (Wildman–Crippen MR) is 136 cm³/mol. The van der Waals surface area contributed by atoms with Crippen LogP contribution in [0.1, 0.15) is 75.5 Å². The Balaban J connectivity index is 1.55. The SMILES string of the molecule is CCOC(=O)c1c(NC(=O)COC(=O)c2c3c(nc4ccccc24)CCCCC3)sc(C)c1CC. The minimum Gasteiger partial charge on any atom is -0.462 e. The maximum Gasteiger partial charge on any atom is 0.341 e. The van der Waals surface area contributed by atoms with Crippen LogP contribution in [0.5, 0.6) is 0 Å². The van der Waals surface area contributed by atoms with Crippen LogP contribution < -0.4 is 5.32 Å². The molecule has 0 aliphatic heterocycles. The van der Waals surface area contributed by atoms with E-state index in [1.165, 1.54) is 11.3 Å². The van der Waals surface area contributed by atoms with Crippen molar-refractivity contribution in [3.63, 3.8) is 0 Å². The van der Waals surface area contributed by atoms with Gasteiger partial charge >= 0.3 is 11.9 Å². The number of fused-ring (bicyclic) bond motifs is 2. The van der Waals surface area contributed by atoms with Crippen LogP contribution in [-0.2, 0) is 33.5 Å². The maximum atomic E-state index is 13.3. The number of benzene rings is 1. The standard InChI is InChI=1S/C27H30N2O5S/c1-4-17-16(3)35-25(24(17)27(32)33-5-2)29-22(30)15-34-26(31)23-18-11-7-6-8-13-20(18)28-21-14-10-9-12-19(21)23/h9-10,12,14H,4-8,11,13,15H2,1-3H3,(H,29,30). The van der Waals surface area contributed by atoms with Gasteiger partial charge < -0.3 is 14.8 Å². The summed E-state index contributed by atoms with van der Waals surface area (Å²) in [6, 6.07) is 7.54. The summed E-state index contributed by atoms with van der Waals surface area (Å²) in [6.45, 7) is 5.39. The third kappa shape index (κ3) is 5.22. The number of pyridine rings is 1. The fourth-order valence-electron chi connectivity index (χ4n) is 4.66. The van der Waals surface area contributed by atoms with Crippen molar-refractivity contribution >= 4 is 45.1 Å². The molecule has 1 aliphatic rings. The number of hydrogen-bond acceptors (Lipinski definition) is 7. The molecule has 0 saturated heterocycles. The Kier molecular flexibility index (Phi) is 7.80. The number of hydrogen-bond donors (Lipinski definition) is 1.